The minimum absolute atomic E-state index is 0.126. The summed E-state index contributed by atoms with van der Waals surface area (Å²) in [5.74, 6) is 2.65. The summed E-state index contributed by atoms with van der Waals surface area (Å²) < 4.78 is 23.4. The summed E-state index contributed by atoms with van der Waals surface area (Å²) in [4.78, 5) is 0. The molecular weight excluding hydrogens is 346 g/mol. The van der Waals surface area contributed by atoms with Gasteiger partial charge in [0.05, 0.1) is 45.3 Å². The lowest BCUT2D eigenvalue weighted by molar-refractivity contribution is -0.519. The molecule has 4 aromatic rings. The summed E-state index contributed by atoms with van der Waals surface area (Å²) in [7, 11) is 6.40. The molecule has 27 heavy (non-hydrogen) atoms. The van der Waals surface area contributed by atoms with E-state index in [0.717, 1.165) is 27.1 Å². The van der Waals surface area contributed by atoms with Gasteiger partial charge in [0.1, 0.15) is 0 Å². The van der Waals surface area contributed by atoms with Crippen molar-refractivity contribution in [3.05, 3.63) is 42.6 Å². The Morgan fingerprint density at radius 1 is 0.630 bits per heavy atom. The molecule has 0 atom stereocenters. The van der Waals surface area contributed by atoms with Crippen LogP contribution in [0.25, 0.3) is 27.1 Å². The Bertz CT molecular complexity index is 1190. The fourth-order valence-electron chi connectivity index (χ4n) is 3.41. The number of aromatic hydroxyl groups is 1. The molecule has 0 aliphatic heterocycles. The molecule has 1 N–H and O–H groups in total. The lowest BCUT2D eigenvalue weighted by atomic mass is 10.1. The molecule has 0 amide bonds. The average molecular weight is 366 g/mol. The van der Waals surface area contributed by atoms with E-state index in [1.165, 1.54) is 0 Å². The molecule has 4 rings (SSSR count). The third kappa shape index (κ3) is 2.61. The molecule has 2 aromatic carbocycles. The highest BCUT2D eigenvalue weighted by Gasteiger charge is 2.19. The Balaban J connectivity index is 2.12. The maximum atomic E-state index is 10.6. The lowest BCUT2D eigenvalue weighted by Gasteiger charge is -2.11. The van der Waals surface area contributed by atoms with Crippen molar-refractivity contribution < 1.29 is 28.5 Å². The van der Waals surface area contributed by atoms with Crippen molar-refractivity contribution in [1.29, 1.82) is 0 Å². The maximum absolute atomic E-state index is 10.6. The fourth-order valence-corrected chi connectivity index (χ4v) is 3.41. The van der Waals surface area contributed by atoms with Gasteiger partial charge in [-0.2, -0.15) is 0 Å². The fraction of sp³-hybridized carbons (Fsp3) is 0.190. The van der Waals surface area contributed by atoms with Gasteiger partial charge in [-0.15, -0.1) is 4.40 Å². The van der Waals surface area contributed by atoms with Crippen molar-refractivity contribution in [2.75, 3.05) is 28.4 Å². The zero-order valence-corrected chi connectivity index (χ0v) is 15.6. The molecule has 0 aliphatic rings. The highest BCUT2D eigenvalue weighted by molar-refractivity contribution is 5.99. The monoisotopic (exact) mass is 366 g/mol. The predicted octanol–water partition coefficient (Wildman–Crippen LogP) is 3.47. The second-order valence-electron chi connectivity index (χ2n) is 6.16. The summed E-state index contributed by atoms with van der Waals surface area (Å²) in [6.45, 7) is 0. The first-order valence-electron chi connectivity index (χ1n) is 8.38. The summed E-state index contributed by atoms with van der Waals surface area (Å²) >= 11 is 0. The highest BCUT2D eigenvalue weighted by atomic mass is 16.5. The van der Waals surface area contributed by atoms with Gasteiger partial charge in [0, 0.05) is 11.5 Å². The molecule has 0 aliphatic carbocycles. The molecule has 0 spiro atoms. The zero-order chi connectivity index (χ0) is 19.1. The zero-order valence-electron chi connectivity index (χ0n) is 15.6. The van der Waals surface area contributed by atoms with Crippen molar-refractivity contribution >= 4 is 27.1 Å². The smallest absolute Gasteiger partial charge is 0.371 e. The van der Waals surface area contributed by atoms with Gasteiger partial charge in [0.15, 0.2) is 29.2 Å². The molecule has 0 saturated carbocycles. The molecule has 0 bridgehead atoms. The maximum Gasteiger partial charge on any atom is 0.371 e. The molecule has 0 radical (unpaired) electrons. The molecular formula is C21H20NO5+. The van der Waals surface area contributed by atoms with E-state index in [-0.39, 0.29) is 5.88 Å². The van der Waals surface area contributed by atoms with Gasteiger partial charge in [0.2, 0.25) is 5.52 Å². The van der Waals surface area contributed by atoms with Crippen molar-refractivity contribution in [3.8, 4) is 28.9 Å². The molecule has 2 heterocycles. The summed E-state index contributed by atoms with van der Waals surface area (Å²) in [5, 5.41) is 14.2. The van der Waals surface area contributed by atoms with E-state index in [4.69, 9.17) is 18.9 Å². The topological polar surface area (TPSA) is 61.2 Å². The normalized spacial score (nSPS) is 11.1. The number of methoxy groups -OCH3 is 4. The minimum atomic E-state index is 0.126. The van der Waals surface area contributed by atoms with Gasteiger partial charge in [-0.05, 0) is 29.7 Å². The van der Waals surface area contributed by atoms with Gasteiger partial charge in [0.25, 0.3) is 0 Å². The van der Waals surface area contributed by atoms with Crippen LogP contribution in [0.4, 0.5) is 0 Å². The second-order valence-corrected chi connectivity index (χ2v) is 6.16. The highest BCUT2D eigenvalue weighted by Crippen LogP contribution is 2.36. The number of rotatable bonds is 4. The van der Waals surface area contributed by atoms with Gasteiger partial charge < -0.3 is 24.1 Å². The Labute approximate surface area is 156 Å². The Hall–Kier alpha value is -3.41. The molecule has 6 heteroatoms. The van der Waals surface area contributed by atoms with E-state index >= 15 is 0 Å². The first kappa shape index (κ1) is 17.0. The number of fused-ring (bicyclic) bond motifs is 4. The van der Waals surface area contributed by atoms with E-state index in [2.05, 4.69) is 0 Å². The summed E-state index contributed by atoms with van der Waals surface area (Å²) in [6.07, 6.45) is 1.87. The van der Waals surface area contributed by atoms with E-state index in [0.29, 0.717) is 23.0 Å². The number of nitrogens with zero attached hydrogens (tertiary/aromatic N) is 1. The van der Waals surface area contributed by atoms with E-state index in [9.17, 15) is 5.11 Å². The molecule has 2 aromatic heterocycles. The van der Waals surface area contributed by atoms with Gasteiger partial charge in [-0.1, -0.05) is 0 Å². The summed E-state index contributed by atoms with van der Waals surface area (Å²) in [5.41, 5.74) is 0.839. The summed E-state index contributed by atoms with van der Waals surface area (Å²) in [6, 6.07) is 11.3. The molecule has 0 saturated heterocycles. The van der Waals surface area contributed by atoms with Gasteiger partial charge in [-0.25, -0.2) is 0 Å². The molecule has 138 valence electrons. The average Bonchev–Trinajstić information content (AvgIpc) is 2.70. The van der Waals surface area contributed by atoms with Crippen molar-refractivity contribution in [2.45, 2.75) is 0 Å². The van der Waals surface area contributed by atoms with Crippen molar-refractivity contribution in [1.82, 2.24) is 0 Å². The van der Waals surface area contributed by atoms with Gasteiger partial charge >= 0.3 is 5.88 Å². The lowest BCUT2D eigenvalue weighted by Crippen LogP contribution is -2.21. The van der Waals surface area contributed by atoms with Crippen LogP contribution < -0.4 is 23.3 Å². The van der Waals surface area contributed by atoms with Crippen LogP contribution in [0, 0.1) is 0 Å². The van der Waals surface area contributed by atoms with Crippen LogP contribution >= 0.6 is 0 Å². The Morgan fingerprint density at radius 2 is 1.15 bits per heavy atom. The SMILES string of the molecule is COc1cc2cc3c4cc(OC)c(OC)cc4cc(O)[n+]3cc2cc1OC. The van der Waals surface area contributed by atoms with Crippen molar-refractivity contribution in [3.63, 3.8) is 0 Å². The largest absolute Gasteiger partial charge is 0.493 e. The molecule has 6 nitrogen and oxygen atoms in total. The van der Waals surface area contributed by atoms with Crippen LogP contribution in [-0.2, 0) is 0 Å². The number of hydrogen-bond acceptors (Lipinski definition) is 5. The first-order valence-corrected chi connectivity index (χ1v) is 8.38. The number of pyridine rings is 2. The van der Waals surface area contributed by atoms with E-state index < -0.39 is 0 Å². The Morgan fingerprint density at radius 3 is 1.74 bits per heavy atom. The molecule has 0 fully saturated rings. The van der Waals surface area contributed by atoms with Crippen LogP contribution in [-0.4, -0.2) is 33.5 Å². The molecule has 0 unspecified atom stereocenters. The van der Waals surface area contributed by atoms with Crippen LogP contribution in [0.1, 0.15) is 0 Å². The Kier molecular flexibility index (Phi) is 4.03. The minimum Gasteiger partial charge on any atom is -0.493 e. The number of benzene rings is 2. The third-order valence-electron chi connectivity index (χ3n) is 4.77. The van der Waals surface area contributed by atoms with E-state index in [1.807, 2.05) is 36.5 Å². The predicted molar refractivity (Wildman–Crippen MR) is 102 cm³/mol. The number of hydrogen-bond donors (Lipinski definition) is 1. The van der Waals surface area contributed by atoms with Gasteiger partial charge in [-0.3, -0.25) is 0 Å². The van der Waals surface area contributed by atoms with Crippen molar-refractivity contribution in [2.24, 2.45) is 0 Å². The van der Waals surface area contributed by atoms with Crippen LogP contribution in [0.5, 0.6) is 28.9 Å². The first-order chi connectivity index (χ1) is 13.1. The number of ether oxygens (including phenoxy) is 4. The van der Waals surface area contributed by atoms with Crippen LogP contribution in [0.15, 0.2) is 42.6 Å². The van der Waals surface area contributed by atoms with Crippen LogP contribution in [0.2, 0.25) is 0 Å². The third-order valence-corrected chi connectivity index (χ3v) is 4.77. The second kappa shape index (κ2) is 6.39. The standard InChI is InChI=1S/C21H19NO5/c1-24-17-6-12-5-16-15-10-20(27-4)18(25-2)7-13(15)9-21(23)22(16)11-14(12)8-19(17)26-3/h5-11H,1-4H3/p+1. The number of aromatic nitrogens is 1. The van der Waals surface area contributed by atoms with E-state index in [1.54, 1.807) is 38.9 Å². The van der Waals surface area contributed by atoms with Crippen LogP contribution in [0.3, 0.4) is 0 Å². The quantitative estimate of drug-likeness (QED) is 0.340.